The Morgan fingerprint density at radius 3 is 2.41 bits per heavy atom. The fourth-order valence-electron chi connectivity index (χ4n) is 8.69. The lowest BCUT2D eigenvalue weighted by Crippen LogP contribution is -2.52. The summed E-state index contributed by atoms with van der Waals surface area (Å²) in [5.74, 6) is 1.91. The van der Waals surface area contributed by atoms with Crippen molar-refractivity contribution in [1.29, 1.82) is 0 Å². The molecule has 0 bridgehead atoms. The average Bonchev–Trinajstić information content (AvgIpc) is 3.04. The third kappa shape index (κ3) is 4.49. The Kier molecular flexibility index (Phi) is 6.73. The minimum atomic E-state index is -4.06. The molecule has 7 unspecified atom stereocenters. The normalized spacial score (nSPS) is 39.5. The number of alkyl halides is 3. The maximum atomic E-state index is 13.6. The van der Waals surface area contributed by atoms with Gasteiger partial charge in [-0.2, -0.15) is 13.2 Å². The van der Waals surface area contributed by atoms with Gasteiger partial charge in [0.15, 0.2) is 0 Å². The van der Waals surface area contributed by atoms with E-state index in [0.29, 0.717) is 29.1 Å². The molecule has 0 nitrogen and oxygen atoms in total. The van der Waals surface area contributed by atoms with E-state index in [-0.39, 0.29) is 17.2 Å². The van der Waals surface area contributed by atoms with Crippen molar-refractivity contribution >= 4 is 0 Å². The summed E-state index contributed by atoms with van der Waals surface area (Å²) in [6.45, 7) is 6.79. The standard InChI is InChI=1S/C28H40F4/c1-4-15-26(2)21(18-28(30,31)32)10-12-23-24-13-11-20(27(24,3)16-14-25(23)26)9-8-19-6-5-7-22(29)17-19/h5-7,17,20-21,23-25H,4,8-16,18H2,1-3H3. The van der Waals surface area contributed by atoms with Crippen LogP contribution in [0.4, 0.5) is 17.6 Å². The van der Waals surface area contributed by atoms with E-state index in [1.54, 1.807) is 12.1 Å². The molecule has 0 spiro atoms. The molecule has 3 aliphatic carbocycles. The third-order valence-electron chi connectivity index (χ3n) is 10.2. The minimum absolute atomic E-state index is 0.163. The largest absolute Gasteiger partial charge is 0.389 e. The number of halogens is 4. The molecule has 1 aromatic carbocycles. The highest BCUT2D eigenvalue weighted by Gasteiger charge is 2.59. The summed E-state index contributed by atoms with van der Waals surface area (Å²) in [4.78, 5) is 0. The lowest BCUT2D eigenvalue weighted by atomic mass is 9.46. The van der Waals surface area contributed by atoms with Gasteiger partial charge in [-0.05, 0) is 116 Å². The molecule has 7 atom stereocenters. The highest BCUT2D eigenvalue weighted by molar-refractivity contribution is 5.17. The maximum absolute atomic E-state index is 13.6. The smallest absolute Gasteiger partial charge is 0.207 e. The Morgan fingerprint density at radius 2 is 1.72 bits per heavy atom. The molecular formula is C28H40F4. The second-order valence-corrected chi connectivity index (χ2v) is 11.7. The monoisotopic (exact) mass is 452 g/mol. The molecule has 0 saturated heterocycles. The topological polar surface area (TPSA) is 0 Å². The van der Waals surface area contributed by atoms with Crippen molar-refractivity contribution in [3.05, 3.63) is 35.6 Å². The summed E-state index contributed by atoms with van der Waals surface area (Å²) in [5.41, 5.74) is 1.18. The fourth-order valence-corrected chi connectivity index (χ4v) is 8.69. The molecule has 0 aliphatic heterocycles. The highest BCUT2D eigenvalue weighted by Crippen LogP contribution is 2.67. The van der Waals surface area contributed by atoms with Crippen LogP contribution in [0.3, 0.4) is 0 Å². The van der Waals surface area contributed by atoms with Gasteiger partial charge in [0, 0.05) is 6.42 Å². The van der Waals surface area contributed by atoms with Gasteiger partial charge in [0.2, 0.25) is 0 Å². The summed E-state index contributed by atoms with van der Waals surface area (Å²) in [6.07, 6.45) is 5.59. The molecule has 32 heavy (non-hydrogen) atoms. The first-order valence-corrected chi connectivity index (χ1v) is 12.9. The van der Waals surface area contributed by atoms with Gasteiger partial charge in [0.05, 0.1) is 0 Å². The lowest BCUT2D eigenvalue weighted by Gasteiger charge is -2.59. The molecule has 3 saturated carbocycles. The molecule has 0 N–H and O–H groups in total. The Morgan fingerprint density at radius 1 is 0.969 bits per heavy atom. The number of aryl methyl sites for hydroxylation is 1. The molecule has 4 heteroatoms. The zero-order valence-corrected chi connectivity index (χ0v) is 20.0. The van der Waals surface area contributed by atoms with Gasteiger partial charge in [0.1, 0.15) is 5.82 Å². The summed E-state index contributed by atoms with van der Waals surface area (Å²) in [6, 6.07) is 6.97. The van der Waals surface area contributed by atoms with E-state index in [4.69, 9.17) is 0 Å². The predicted molar refractivity (Wildman–Crippen MR) is 122 cm³/mol. The van der Waals surface area contributed by atoms with E-state index in [9.17, 15) is 17.6 Å². The predicted octanol–water partition coefficient (Wildman–Crippen LogP) is 8.99. The third-order valence-corrected chi connectivity index (χ3v) is 10.2. The molecule has 1 aromatic rings. The van der Waals surface area contributed by atoms with E-state index >= 15 is 0 Å². The van der Waals surface area contributed by atoms with Gasteiger partial charge >= 0.3 is 6.18 Å². The SMILES string of the molecule is CCCC1(C)C(CC(F)(F)F)CCC2C3CCC(CCc4cccc(F)c4)C3(C)CCC21. The quantitative estimate of drug-likeness (QED) is 0.378. The van der Waals surface area contributed by atoms with Crippen molar-refractivity contribution in [2.45, 2.75) is 97.6 Å². The number of hydrogen-bond acceptors (Lipinski definition) is 0. The van der Waals surface area contributed by atoms with Crippen LogP contribution in [0.2, 0.25) is 0 Å². The molecule has 0 aromatic heterocycles. The molecule has 0 amide bonds. The van der Waals surface area contributed by atoms with Crippen LogP contribution in [-0.2, 0) is 6.42 Å². The Hall–Kier alpha value is -1.06. The van der Waals surface area contributed by atoms with E-state index < -0.39 is 12.6 Å². The van der Waals surface area contributed by atoms with Crippen LogP contribution in [0.1, 0.15) is 90.5 Å². The van der Waals surface area contributed by atoms with Crippen molar-refractivity contribution in [3.8, 4) is 0 Å². The first-order valence-electron chi connectivity index (χ1n) is 12.9. The van der Waals surface area contributed by atoms with Gasteiger partial charge in [-0.15, -0.1) is 0 Å². The second-order valence-electron chi connectivity index (χ2n) is 11.7. The van der Waals surface area contributed by atoms with Gasteiger partial charge in [-0.1, -0.05) is 39.3 Å². The van der Waals surface area contributed by atoms with Crippen LogP contribution in [0, 0.1) is 46.2 Å². The van der Waals surface area contributed by atoms with Crippen molar-refractivity contribution < 1.29 is 17.6 Å². The minimum Gasteiger partial charge on any atom is -0.207 e. The van der Waals surface area contributed by atoms with Gasteiger partial charge in [-0.25, -0.2) is 4.39 Å². The summed E-state index contributed by atoms with van der Waals surface area (Å²) >= 11 is 0. The lowest BCUT2D eigenvalue weighted by molar-refractivity contribution is -0.177. The summed E-state index contributed by atoms with van der Waals surface area (Å²) in [5, 5.41) is 0. The molecule has 0 radical (unpaired) electrons. The van der Waals surface area contributed by atoms with Crippen LogP contribution < -0.4 is 0 Å². The molecular weight excluding hydrogens is 412 g/mol. The Bertz CT molecular complexity index is 786. The molecule has 3 aliphatic rings. The maximum Gasteiger partial charge on any atom is 0.389 e. The first kappa shape index (κ1) is 24.1. The van der Waals surface area contributed by atoms with E-state index in [2.05, 4.69) is 20.8 Å². The number of benzene rings is 1. The Labute approximate surface area is 191 Å². The molecule has 180 valence electrons. The molecule has 0 heterocycles. The highest BCUT2D eigenvalue weighted by atomic mass is 19.4. The fraction of sp³-hybridized carbons (Fsp3) is 0.786. The van der Waals surface area contributed by atoms with E-state index in [0.717, 1.165) is 56.9 Å². The van der Waals surface area contributed by atoms with Crippen molar-refractivity contribution in [3.63, 3.8) is 0 Å². The van der Waals surface area contributed by atoms with Crippen LogP contribution in [0.5, 0.6) is 0 Å². The van der Waals surface area contributed by atoms with Crippen molar-refractivity contribution in [2.75, 3.05) is 0 Å². The van der Waals surface area contributed by atoms with Gasteiger partial charge in [0.25, 0.3) is 0 Å². The Balaban J connectivity index is 1.49. The van der Waals surface area contributed by atoms with Crippen LogP contribution in [0.25, 0.3) is 0 Å². The van der Waals surface area contributed by atoms with Gasteiger partial charge < -0.3 is 0 Å². The van der Waals surface area contributed by atoms with Gasteiger partial charge in [-0.3, -0.25) is 0 Å². The molecule has 4 rings (SSSR count). The van der Waals surface area contributed by atoms with Crippen molar-refractivity contribution in [2.24, 2.45) is 40.4 Å². The van der Waals surface area contributed by atoms with Crippen LogP contribution in [-0.4, -0.2) is 6.18 Å². The number of hydrogen-bond donors (Lipinski definition) is 0. The zero-order chi connectivity index (χ0) is 23.1. The number of rotatable bonds is 6. The average molecular weight is 453 g/mol. The summed E-state index contributed by atoms with van der Waals surface area (Å²) < 4.78 is 53.8. The van der Waals surface area contributed by atoms with Crippen molar-refractivity contribution in [1.82, 2.24) is 0 Å². The zero-order valence-electron chi connectivity index (χ0n) is 20.0. The number of fused-ring (bicyclic) bond motifs is 3. The molecule has 3 fully saturated rings. The van der Waals surface area contributed by atoms with E-state index in [1.165, 1.54) is 18.9 Å². The van der Waals surface area contributed by atoms with Crippen LogP contribution >= 0.6 is 0 Å². The van der Waals surface area contributed by atoms with E-state index in [1.807, 2.05) is 6.07 Å². The second kappa shape index (κ2) is 8.95. The van der Waals surface area contributed by atoms with Crippen LogP contribution in [0.15, 0.2) is 24.3 Å². The summed E-state index contributed by atoms with van der Waals surface area (Å²) in [7, 11) is 0. The first-order chi connectivity index (χ1) is 15.1.